The summed E-state index contributed by atoms with van der Waals surface area (Å²) >= 11 is 0. The monoisotopic (exact) mass is 407 g/mol. The molecule has 1 amide bonds. The van der Waals surface area contributed by atoms with Crippen molar-refractivity contribution in [3.63, 3.8) is 0 Å². The van der Waals surface area contributed by atoms with Crippen LogP contribution in [0.25, 0.3) is 0 Å². The predicted octanol–water partition coefficient (Wildman–Crippen LogP) is 3.63. The topological polar surface area (TPSA) is 65.1 Å². The van der Waals surface area contributed by atoms with Crippen molar-refractivity contribution in [1.82, 2.24) is 4.90 Å². The highest BCUT2D eigenvalue weighted by molar-refractivity contribution is 5.90. The van der Waals surface area contributed by atoms with E-state index in [1.165, 1.54) is 7.11 Å². The van der Waals surface area contributed by atoms with E-state index >= 15 is 0 Å². The van der Waals surface area contributed by atoms with Crippen molar-refractivity contribution in [2.75, 3.05) is 20.4 Å². The van der Waals surface area contributed by atoms with E-state index in [-0.39, 0.29) is 24.6 Å². The number of carbonyl (C=O) groups excluding carboxylic acids is 2. The van der Waals surface area contributed by atoms with Gasteiger partial charge in [0.05, 0.1) is 13.0 Å². The Bertz CT molecular complexity index is 942. The van der Waals surface area contributed by atoms with Crippen molar-refractivity contribution in [3.05, 3.63) is 72.3 Å². The molecule has 4 rings (SSSR count). The lowest BCUT2D eigenvalue weighted by atomic mass is 9.80. The molecule has 6 heteroatoms. The highest BCUT2D eigenvalue weighted by atomic mass is 16.7. The van der Waals surface area contributed by atoms with E-state index in [1.54, 1.807) is 11.0 Å². The molecular formula is C24H25NO5. The van der Waals surface area contributed by atoms with Crippen molar-refractivity contribution >= 4 is 11.9 Å². The molecule has 2 aliphatic heterocycles. The van der Waals surface area contributed by atoms with Crippen LogP contribution in [0.4, 0.5) is 0 Å². The summed E-state index contributed by atoms with van der Waals surface area (Å²) in [4.78, 5) is 27.7. The summed E-state index contributed by atoms with van der Waals surface area (Å²) in [5.41, 5.74) is 1.78. The Hall–Kier alpha value is -3.28. The molecule has 156 valence electrons. The highest BCUT2D eigenvalue weighted by Gasteiger charge is 2.40. The Balaban J connectivity index is 1.73. The first-order chi connectivity index (χ1) is 14.6. The Kier molecular flexibility index (Phi) is 5.74. The minimum Gasteiger partial charge on any atom is -0.467 e. The van der Waals surface area contributed by atoms with Gasteiger partial charge in [-0.2, -0.15) is 0 Å². The fraction of sp³-hybridized carbons (Fsp3) is 0.333. The van der Waals surface area contributed by atoms with Crippen molar-refractivity contribution in [2.24, 2.45) is 0 Å². The second-order valence-electron chi connectivity index (χ2n) is 7.48. The smallest absolute Gasteiger partial charge is 0.328 e. The van der Waals surface area contributed by atoms with Gasteiger partial charge >= 0.3 is 5.97 Å². The Morgan fingerprint density at radius 1 is 1.13 bits per heavy atom. The summed E-state index contributed by atoms with van der Waals surface area (Å²) in [6, 6.07) is 14.8. The van der Waals surface area contributed by atoms with Crippen LogP contribution < -0.4 is 9.47 Å². The Morgan fingerprint density at radius 2 is 1.90 bits per heavy atom. The number of carbonyl (C=O) groups is 2. The van der Waals surface area contributed by atoms with Gasteiger partial charge in [-0.1, -0.05) is 42.5 Å². The van der Waals surface area contributed by atoms with Gasteiger partial charge < -0.3 is 19.1 Å². The van der Waals surface area contributed by atoms with Gasteiger partial charge in [0, 0.05) is 12.5 Å². The van der Waals surface area contributed by atoms with Crippen molar-refractivity contribution in [3.8, 4) is 11.5 Å². The quantitative estimate of drug-likeness (QED) is 0.540. The predicted molar refractivity (Wildman–Crippen MR) is 111 cm³/mol. The molecule has 0 N–H and O–H groups in total. The van der Waals surface area contributed by atoms with Gasteiger partial charge in [0.1, 0.15) is 6.04 Å². The SMILES string of the molecule is C=C[C@@H](c1ccc2c(c1)OCO2)[C@@H](C(=O)N1CCC[C@H]1C(=O)OC)c1ccccc1. The summed E-state index contributed by atoms with van der Waals surface area (Å²) in [7, 11) is 1.36. The average molecular weight is 407 g/mol. The number of hydrogen-bond donors (Lipinski definition) is 0. The maximum Gasteiger partial charge on any atom is 0.328 e. The van der Waals surface area contributed by atoms with E-state index in [2.05, 4.69) is 6.58 Å². The molecular weight excluding hydrogens is 382 g/mol. The molecule has 2 aliphatic rings. The van der Waals surface area contributed by atoms with E-state index in [1.807, 2.05) is 48.5 Å². The van der Waals surface area contributed by atoms with Crippen LogP contribution in [0.2, 0.25) is 0 Å². The maximum atomic E-state index is 13.8. The van der Waals surface area contributed by atoms with E-state index in [4.69, 9.17) is 14.2 Å². The Morgan fingerprint density at radius 3 is 2.63 bits per heavy atom. The molecule has 2 aromatic rings. The molecule has 0 unspecified atom stereocenters. The molecule has 0 saturated carbocycles. The molecule has 1 fully saturated rings. The molecule has 3 atom stereocenters. The van der Waals surface area contributed by atoms with E-state index in [9.17, 15) is 9.59 Å². The third-order valence-electron chi connectivity index (χ3n) is 5.83. The van der Waals surface area contributed by atoms with E-state index in [0.717, 1.165) is 17.5 Å². The van der Waals surface area contributed by atoms with Crippen molar-refractivity contribution in [2.45, 2.75) is 30.7 Å². The van der Waals surface area contributed by atoms with Crippen LogP contribution in [0, 0.1) is 0 Å². The molecule has 0 bridgehead atoms. The molecule has 2 aromatic carbocycles. The minimum absolute atomic E-state index is 0.100. The van der Waals surface area contributed by atoms with E-state index < -0.39 is 12.0 Å². The van der Waals surface area contributed by atoms with Crippen molar-refractivity contribution in [1.29, 1.82) is 0 Å². The lowest BCUT2D eigenvalue weighted by molar-refractivity contribution is -0.151. The van der Waals surface area contributed by atoms with Gasteiger partial charge in [0.15, 0.2) is 11.5 Å². The van der Waals surface area contributed by atoms with Crippen LogP contribution in [0.3, 0.4) is 0 Å². The fourth-order valence-electron chi connectivity index (χ4n) is 4.34. The maximum absolute atomic E-state index is 13.8. The lowest BCUT2D eigenvalue weighted by Gasteiger charge is -2.31. The zero-order valence-corrected chi connectivity index (χ0v) is 17.0. The number of esters is 1. The molecule has 2 heterocycles. The molecule has 0 spiro atoms. The zero-order valence-electron chi connectivity index (χ0n) is 17.0. The molecule has 0 radical (unpaired) electrons. The number of nitrogens with zero attached hydrogens (tertiary/aromatic N) is 1. The van der Waals surface area contributed by atoms with Crippen LogP contribution in [0.15, 0.2) is 61.2 Å². The standard InChI is InChI=1S/C24H25NO5/c1-3-18(17-11-12-20-21(14-17)30-15-29-20)22(16-8-5-4-6-9-16)23(26)25-13-7-10-19(25)24(27)28-2/h3-6,8-9,11-12,14,18-19,22H,1,7,10,13,15H2,2H3/t18-,19-,22-/m0/s1. The number of rotatable bonds is 6. The second kappa shape index (κ2) is 8.61. The largest absolute Gasteiger partial charge is 0.467 e. The van der Waals surface area contributed by atoms with E-state index in [0.29, 0.717) is 24.5 Å². The molecule has 1 saturated heterocycles. The van der Waals surface area contributed by atoms with Gasteiger partial charge in [-0.15, -0.1) is 6.58 Å². The number of fused-ring (bicyclic) bond motifs is 1. The van der Waals surface area contributed by atoms with Gasteiger partial charge in [-0.25, -0.2) is 4.79 Å². The first-order valence-electron chi connectivity index (χ1n) is 10.1. The first kappa shape index (κ1) is 20.0. The van der Waals surface area contributed by atoms with Crippen LogP contribution in [0.5, 0.6) is 11.5 Å². The summed E-state index contributed by atoms with van der Waals surface area (Å²) in [6.45, 7) is 4.74. The highest BCUT2D eigenvalue weighted by Crippen LogP contribution is 2.41. The van der Waals surface area contributed by atoms with Crippen molar-refractivity contribution < 1.29 is 23.8 Å². The minimum atomic E-state index is -0.545. The van der Waals surface area contributed by atoms with Gasteiger partial charge in [-0.3, -0.25) is 4.79 Å². The average Bonchev–Trinajstić information content (AvgIpc) is 3.46. The number of amides is 1. The molecule has 6 nitrogen and oxygen atoms in total. The van der Waals surface area contributed by atoms with Crippen LogP contribution >= 0.6 is 0 Å². The van der Waals surface area contributed by atoms with Crippen LogP contribution in [-0.4, -0.2) is 43.3 Å². The van der Waals surface area contributed by atoms with Gasteiger partial charge in [0.2, 0.25) is 12.7 Å². The third kappa shape index (κ3) is 3.65. The normalized spacial score (nSPS) is 19.2. The lowest BCUT2D eigenvalue weighted by Crippen LogP contribution is -2.44. The zero-order chi connectivity index (χ0) is 21.1. The molecule has 0 aliphatic carbocycles. The number of likely N-dealkylation sites (tertiary alicyclic amines) is 1. The summed E-state index contributed by atoms with van der Waals surface area (Å²) in [5, 5.41) is 0. The molecule has 0 aromatic heterocycles. The number of ether oxygens (including phenoxy) is 3. The third-order valence-corrected chi connectivity index (χ3v) is 5.83. The fourth-order valence-corrected chi connectivity index (χ4v) is 4.34. The number of allylic oxidation sites excluding steroid dienone is 1. The summed E-state index contributed by atoms with van der Waals surface area (Å²) in [6.07, 6.45) is 3.18. The van der Waals surface area contributed by atoms with Crippen LogP contribution in [0.1, 0.15) is 35.8 Å². The second-order valence-corrected chi connectivity index (χ2v) is 7.48. The van der Waals surface area contributed by atoms with Gasteiger partial charge in [-0.05, 0) is 36.1 Å². The molecule has 30 heavy (non-hydrogen) atoms. The number of benzene rings is 2. The van der Waals surface area contributed by atoms with Crippen LogP contribution in [-0.2, 0) is 14.3 Å². The first-order valence-corrected chi connectivity index (χ1v) is 10.1. The summed E-state index contributed by atoms with van der Waals surface area (Å²) < 4.78 is 15.9. The number of hydrogen-bond acceptors (Lipinski definition) is 5. The van der Waals surface area contributed by atoms with Gasteiger partial charge in [0.25, 0.3) is 0 Å². The summed E-state index contributed by atoms with van der Waals surface area (Å²) in [5.74, 6) is 0.0619. The number of methoxy groups -OCH3 is 1. The Labute approximate surface area is 176 Å².